The summed E-state index contributed by atoms with van der Waals surface area (Å²) in [6.45, 7) is 4.62. The van der Waals surface area contributed by atoms with E-state index in [-0.39, 0.29) is 11.6 Å². The number of hydrogen-bond acceptors (Lipinski definition) is 3. The molecule has 0 amide bonds. The standard InChI is InChI=1S/C10H15N3O2S/c1-4-6-7-11-16(14,15)10-8-13(5-2)9(3)12-10/h1,8,11H,5-7H2,2-3H3. The van der Waals surface area contributed by atoms with E-state index in [9.17, 15) is 8.42 Å². The Kier molecular flexibility index (Phi) is 4.10. The van der Waals surface area contributed by atoms with Gasteiger partial charge < -0.3 is 4.57 Å². The molecule has 0 atom stereocenters. The van der Waals surface area contributed by atoms with Crippen LogP contribution in [0.2, 0.25) is 0 Å². The van der Waals surface area contributed by atoms with E-state index in [1.54, 1.807) is 11.5 Å². The molecule has 0 aliphatic rings. The number of aryl methyl sites for hydroxylation is 2. The Morgan fingerprint density at radius 3 is 2.81 bits per heavy atom. The third-order valence-electron chi connectivity index (χ3n) is 2.13. The third kappa shape index (κ3) is 2.84. The largest absolute Gasteiger partial charge is 0.334 e. The Labute approximate surface area is 95.9 Å². The molecular formula is C10H15N3O2S. The Bertz CT molecular complexity index is 497. The second-order valence-electron chi connectivity index (χ2n) is 3.26. The fraction of sp³-hybridized carbons (Fsp3) is 0.500. The van der Waals surface area contributed by atoms with Crippen molar-refractivity contribution in [1.82, 2.24) is 14.3 Å². The van der Waals surface area contributed by atoms with Crippen LogP contribution in [0.4, 0.5) is 0 Å². The van der Waals surface area contributed by atoms with E-state index in [1.165, 1.54) is 6.20 Å². The quantitative estimate of drug-likeness (QED) is 0.603. The van der Waals surface area contributed by atoms with Crippen LogP contribution in [0.5, 0.6) is 0 Å². The molecule has 6 heteroatoms. The summed E-state index contributed by atoms with van der Waals surface area (Å²) in [6, 6.07) is 0. The maximum absolute atomic E-state index is 11.7. The van der Waals surface area contributed by atoms with Gasteiger partial charge >= 0.3 is 0 Å². The predicted octanol–water partition coefficient (Wildman–Crippen LogP) is 0.513. The average Bonchev–Trinajstić information content (AvgIpc) is 2.60. The fourth-order valence-corrected chi connectivity index (χ4v) is 2.30. The number of hydrogen-bond donors (Lipinski definition) is 1. The molecule has 0 spiro atoms. The van der Waals surface area contributed by atoms with Gasteiger partial charge in [0.25, 0.3) is 10.0 Å². The summed E-state index contributed by atoms with van der Waals surface area (Å²) >= 11 is 0. The molecule has 0 saturated heterocycles. The summed E-state index contributed by atoms with van der Waals surface area (Å²) in [5, 5.41) is 0.0453. The number of sulfonamides is 1. The molecule has 0 unspecified atom stereocenters. The van der Waals surface area contributed by atoms with Crippen LogP contribution in [0.3, 0.4) is 0 Å². The molecule has 1 heterocycles. The van der Waals surface area contributed by atoms with E-state index in [0.29, 0.717) is 18.8 Å². The third-order valence-corrected chi connectivity index (χ3v) is 3.46. The first kappa shape index (κ1) is 12.7. The van der Waals surface area contributed by atoms with Gasteiger partial charge in [-0.1, -0.05) is 0 Å². The smallest absolute Gasteiger partial charge is 0.259 e. The summed E-state index contributed by atoms with van der Waals surface area (Å²) in [6.07, 6.45) is 6.93. The van der Waals surface area contributed by atoms with E-state index < -0.39 is 10.0 Å². The maximum atomic E-state index is 11.7. The average molecular weight is 241 g/mol. The molecule has 0 radical (unpaired) electrons. The molecule has 0 saturated carbocycles. The van der Waals surface area contributed by atoms with E-state index in [0.717, 1.165) is 0 Å². The van der Waals surface area contributed by atoms with Gasteiger partial charge in [0, 0.05) is 25.7 Å². The number of rotatable bonds is 5. The van der Waals surface area contributed by atoms with Crippen molar-refractivity contribution in [3.63, 3.8) is 0 Å². The minimum absolute atomic E-state index is 0.0453. The topological polar surface area (TPSA) is 64.0 Å². The second kappa shape index (κ2) is 5.14. The number of imidazole rings is 1. The Balaban J connectivity index is 2.86. The zero-order chi connectivity index (χ0) is 12.2. The molecular weight excluding hydrogens is 226 g/mol. The minimum atomic E-state index is -3.52. The zero-order valence-electron chi connectivity index (χ0n) is 9.40. The van der Waals surface area contributed by atoms with Gasteiger partial charge in [-0.25, -0.2) is 18.1 Å². The lowest BCUT2D eigenvalue weighted by Gasteiger charge is -2.00. The van der Waals surface area contributed by atoms with Gasteiger partial charge in [-0.15, -0.1) is 12.3 Å². The van der Waals surface area contributed by atoms with Crippen LogP contribution in [0.1, 0.15) is 19.2 Å². The normalized spacial score (nSPS) is 11.3. The molecule has 0 aromatic carbocycles. The van der Waals surface area contributed by atoms with E-state index in [2.05, 4.69) is 15.6 Å². The van der Waals surface area contributed by atoms with Crippen molar-refractivity contribution < 1.29 is 8.42 Å². The van der Waals surface area contributed by atoms with Crippen molar-refractivity contribution >= 4 is 10.0 Å². The molecule has 0 fully saturated rings. The van der Waals surface area contributed by atoms with Gasteiger partial charge in [0.2, 0.25) is 0 Å². The number of nitrogens with one attached hydrogen (secondary N) is 1. The van der Waals surface area contributed by atoms with Crippen molar-refractivity contribution in [2.24, 2.45) is 0 Å². The molecule has 88 valence electrons. The number of terminal acetylenes is 1. The molecule has 1 rings (SSSR count). The Morgan fingerprint density at radius 2 is 2.31 bits per heavy atom. The lowest BCUT2D eigenvalue weighted by molar-refractivity contribution is 0.579. The number of nitrogens with zero attached hydrogens (tertiary/aromatic N) is 2. The first-order chi connectivity index (χ1) is 7.51. The van der Waals surface area contributed by atoms with Crippen molar-refractivity contribution in [3.8, 4) is 12.3 Å². The van der Waals surface area contributed by atoms with Crippen LogP contribution >= 0.6 is 0 Å². The first-order valence-electron chi connectivity index (χ1n) is 4.98. The van der Waals surface area contributed by atoms with E-state index in [4.69, 9.17) is 6.42 Å². The molecule has 5 nitrogen and oxygen atoms in total. The van der Waals surface area contributed by atoms with Gasteiger partial charge in [0.1, 0.15) is 5.82 Å². The minimum Gasteiger partial charge on any atom is -0.334 e. The zero-order valence-corrected chi connectivity index (χ0v) is 10.2. The fourth-order valence-electron chi connectivity index (χ4n) is 1.26. The molecule has 0 bridgehead atoms. The highest BCUT2D eigenvalue weighted by Crippen LogP contribution is 2.08. The van der Waals surface area contributed by atoms with Crippen LogP contribution in [0, 0.1) is 19.3 Å². The van der Waals surface area contributed by atoms with E-state index in [1.807, 2.05) is 6.92 Å². The SMILES string of the molecule is C#CCCNS(=O)(=O)c1cn(CC)c(C)n1. The Morgan fingerprint density at radius 1 is 1.62 bits per heavy atom. The molecule has 1 aromatic heterocycles. The van der Waals surface area contributed by atoms with E-state index >= 15 is 0 Å². The lowest BCUT2D eigenvalue weighted by atomic mass is 10.5. The highest BCUT2D eigenvalue weighted by molar-refractivity contribution is 7.89. The summed E-state index contributed by atoms with van der Waals surface area (Å²) in [5.41, 5.74) is 0. The summed E-state index contributed by atoms with van der Waals surface area (Å²) in [5.74, 6) is 3.05. The first-order valence-corrected chi connectivity index (χ1v) is 6.46. The van der Waals surface area contributed by atoms with Gasteiger partial charge in [-0.2, -0.15) is 0 Å². The summed E-state index contributed by atoms with van der Waals surface area (Å²) in [4.78, 5) is 3.99. The highest BCUT2D eigenvalue weighted by Gasteiger charge is 2.17. The van der Waals surface area contributed by atoms with Crippen LogP contribution < -0.4 is 4.72 Å². The highest BCUT2D eigenvalue weighted by atomic mass is 32.2. The molecule has 0 aliphatic heterocycles. The maximum Gasteiger partial charge on any atom is 0.259 e. The van der Waals surface area contributed by atoms with Crippen LogP contribution in [-0.4, -0.2) is 24.5 Å². The van der Waals surface area contributed by atoms with Crippen molar-refractivity contribution in [3.05, 3.63) is 12.0 Å². The van der Waals surface area contributed by atoms with Crippen molar-refractivity contribution in [1.29, 1.82) is 0 Å². The van der Waals surface area contributed by atoms with Gasteiger partial charge in [-0.3, -0.25) is 0 Å². The lowest BCUT2D eigenvalue weighted by Crippen LogP contribution is -2.24. The second-order valence-corrected chi connectivity index (χ2v) is 4.98. The summed E-state index contributed by atoms with van der Waals surface area (Å²) < 4.78 is 27.6. The van der Waals surface area contributed by atoms with Gasteiger partial charge in [0.05, 0.1) is 0 Å². The predicted molar refractivity (Wildman–Crippen MR) is 61.3 cm³/mol. The number of aromatic nitrogens is 2. The van der Waals surface area contributed by atoms with Crippen LogP contribution in [0.25, 0.3) is 0 Å². The van der Waals surface area contributed by atoms with Crippen molar-refractivity contribution in [2.75, 3.05) is 6.54 Å². The van der Waals surface area contributed by atoms with Crippen LogP contribution in [0.15, 0.2) is 11.2 Å². The van der Waals surface area contributed by atoms with Crippen molar-refractivity contribution in [2.45, 2.75) is 31.8 Å². The van der Waals surface area contributed by atoms with Gasteiger partial charge in [0.15, 0.2) is 5.03 Å². The summed E-state index contributed by atoms with van der Waals surface area (Å²) in [7, 11) is -3.52. The molecule has 1 N–H and O–H groups in total. The van der Waals surface area contributed by atoms with Crippen LogP contribution in [-0.2, 0) is 16.6 Å². The molecule has 0 aliphatic carbocycles. The Hall–Kier alpha value is -1.32. The molecule has 1 aromatic rings. The van der Waals surface area contributed by atoms with Gasteiger partial charge in [-0.05, 0) is 13.8 Å². The monoisotopic (exact) mass is 241 g/mol. The molecule has 16 heavy (non-hydrogen) atoms.